The zero-order valence-corrected chi connectivity index (χ0v) is 15.8. The van der Waals surface area contributed by atoms with Gasteiger partial charge in [0.25, 0.3) is 0 Å². The highest BCUT2D eigenvalue weighted by molar-refractivity contribution is 6.32. The molecular formula is C19H24ClN3O3. The van der Waals surface area contributed by atoms with Gasteiger partial charge in [0.2, 0.25) is 5.91 Å². The standard InChI is InChI=1S/C19H24ClN3O3/c1-18(11-9-15(24)22-2)17(25)26-14-8-5-10-19(21,16(14)23-18)12-6-3-4-7-13(12)20/h3-4,6-7,14H,5,8-11,21H2,1-2H3,(H,22,24)/t14-,18?,19-/m1/s1. The lowest BCUT2D eigenvalue weighted by atomic mass is 9.73. The van der Waals surface area contributed by atoms with E-state index in [0.29, 0.717) is 23.6 Å². The zero-order valence-electron chi connectivity index (χ0n) is 15.0. The second-order valence-electron chi connectivity index (χ2n) is 7.18. The van der Waals surface area contributed by atoms with E-state index in [1.807, 2.05) is 18.2 Å². The number of benzene rings is 1. The number of aliphatic imine (C=N–C) groups is 1. The Hall–Kier alpha value is -1.92. The molecule has 3 N–H and O–H groups in total. The van der Waals surface area contributed by atoms with Crippen LogP contribution in [-0.2, 0) is 19.9 Å². The maximum absolute atomic E-state index is 12.6. The molecule has 1 aromatic rings. The third-order valence-electron chi connectivity index (χ3n) is 5.33. The quantitative estimate of drug-likeness (QED) is 0.787. The Kier molecular flexibility index (Phi) is 5.08. The predicted molar refractivity (Wildman–Crippen MR) is 100 cm³/mol. The van der Waals surface area contributed by atoms with Crippen molar-refractivity contribution in [3.63, 3.8) is 0 Å². The molecule has 1 fully saturated rings. The normalized spacial score (nSPS) is 30.8. The number of nitrogens with zero attached hydrogens (tertiary/aromatic N) is 1. The fraction of sp³-hybridized carbons (Fsp3) is 0.526. The van der Waals surface area contributed by atoms with E-state index < -0.39 is 23.2 Å². The summed E-state index contributed by atoms with van der Waals surface area (Å²) in [5.41, 5.74) is 6.23. The summed E-state index contributed by atoms with van der Waals surface area (Å²) in [5.74, 6) is -0.548. The van der Waals surface area contributed by atoms with Gasteiger partial charge in [-0.15, -0.1) is 0 Å². The number of rotatable bonds is 4. The fourth-order valence-electron chi connectivity index (χ4n) is 3.71. The molecule has 0 aromatic heterocycles. The molecular weight excluding hydrogens is 354 g/mol. The van der Waals surface area contributed by atoms with Crippen molar-refractivity contribution >= 4 is 29.2 Å². The van der Waals surface area contributed by atoms with Crippen LogP contribution in [0.2, 0.25) is 5.02 Å². The lowest BCUT2D eigenvalue weighted by Crippen LogP contribution is -2.59. The van der Waals surface area contributed by atoms with E-state index in [4.69, 9.17) is 27.1 Å². The second kappa shape index (κ2) is 7.00. The molecule has 26 heavy (non-hydrogen) atoms. The van der Waals surface area contributed by atoms with E-state index in [-0.39, 0.29) is 18.7 Å². The van der Waals surface area contributed by atoms with Gasteiger partial charge in [-0.2, -0.15) is 0 Å². The summed E-state index contributed by atoms with van der Waals surface area (Å²) in [6.45, 7) is 1.70. The molecule has 1 aromatic carbocycles. The molecule has 1 amide bonds. The number of carbonyl (C=O) groups is 2. The third-order valence-corrected chi connectivity index (χ3v) is 5.66. The van der Waals surface area contributed by atoms with Crippen LogP contribution in [0.5, 0.6) is 0 Å². The summed E-state index contributed by atoms with van der Waals surface area (Å²) < 4.78 is 5.70. The van der Waals surface area contributed by atoms with Gasteiger partial charge in [-0.25, -0.2) is 4.79 Å². The van der Waals surface area contributed by atoms with Crippen LogP contribution in [0.4, 0.5) is 0 Å². The van der Waals surface area contributed by atoms with Crippen molar-refractivity contribution in [3.8, 4) is 0 Å². The van der Waals surface area contributed by atoms with Crippen molar-refractivity contribution in [1.29, 1.82) is 0 Å². The highest BCUT2D eigenvalue weighted by Gasteiger charge is 2.50. The number of carbonyl (C=O) groups excluding carboxylic acids is 2. The number of esters is 1. The zero-order chi connectivity index (χ0) is 18.9. The molecule has 1 heterocycles. The van der Waals surface area contributed by atoms with Crippen LogP contribution in [-0.4, -0.2) is 36.3 Å². The van der Waals surface area contributed by atoms with Crippen LogP contribution in [0.25, 0.3) is 0 Å². The molecule has 0 spiro atoms. The van der Waals surface area contributed by atoms with E-state index >= 15 is 0 Å². The Labute approximate surface area is 158 Å². The topological polar surface area (TPSA) is 93.8 Å². The smallest absolute Gasteiger partial charge is 0.334 e. The second-order valence-corrected chi connectivity index (χ2v) is 7.59. The Morgan fingerprint density at radius 2 is 2.19 bits per heavy atom. The average molecular weight is 378 g/mol. The van der Waals surface area contributed by atoms with Crippen LogP contribution < -0.4 is 11.1 Å². The molecule has 1 aliphatic heterocycles. The molecule has 0 saturated heterocycles. The number of amides is 1. The number of halogens is 1. The van der Waals surface area contributed by atoms with Crippen LogP contribution in [0, 0.1) is 0 Å². The van der Waals surface area contributed by atoms with Gasteiger partial charge < -0.3 is 15.8 Å². The lowest BCUT2D eigenvalue weighted by molar-refractivity contribution is -0.155. The first kappa shape index (κ1) is 18.9. The van der Waals surface area contributed by atoms with Crippen molar-refractivity contribution in [1.82, 2.24) is 5.32 Å². The largest absolute Gasteiger partial charge is 0.454 e. The van der Waals surface area contributed by atoms with Crippen molar-refractivity contribution in [2.24, 2.45) is 10.7 Å². The van der Waals surface area contributed by atoms with Crippen LogP contribution >= 0.6 is 11.6 Å². The SMILES string of the molecule is CNC(=O)CCC1(C)N=C2[C@@H](CCC[C@@]2(N)c2ccccc2Cl)OC1=O. The Bertz CT molecular complexity index is 766. The Morgan fingerprint density at radius 3 is 2.88 bits per heavy atom. The minimum atomic E-state index is -1.12. The van der Waals surface area contributed by atoms with Gasteiger partial charge in [-0.1, -0.05) is 29.8 Å². The number of nitrogens with two attached hydrogens (primary N) is 1. The number of ether oxygens (including phenoxy) is 1. The van der Waals surface area contributed by atoms with Crippen LogP contribution in [0.3, 0.4) is 0 Å². The van der Waals surface area contributed by atoms with E-state index in [1.54, 1.807) is 20.0 Å². The summed E-state index contributed by atoms with van der Waals surface area (Å²) in [6, 6.07) is 7.44. The molecule has 2 aliphatic rings. The monoisotopic (exact) mass is 377 g/mol. The molecule has 3 rings (SSSR count). The lowest BCUT2D eigenvalue weighted by Gasteiger charge is -2.44. The number of nitrogens with one attached hydrogen (secondary N) is 1. The van der Waals surface area contributed by atoms with Gasteiger partial charge in [0.1, 0.15) is 6.10 Å². The minimum absolute atomic E-state index is 0.143. The first-order valence-corrected chi connectivity index (χ1v) is 9.24. The van der Waals surface area contributed by atoms with Crippen molar-refractivity contribution in [2.45, 2.75) is 56.2 Å². The maximum Gasteiger partial charge on any atom is 0.334 e. The molecule has 140 valence electrons. The summed E-state index contributed by atoms with van der Waals surface area (Å²) in [6.07, 6.45) is 2.20. The summed E-state index contributed by atoms with van der Waals surface area (Å²) >= 11 is 6.40. The predicted octanol–water partition coefficient (Wildman–Crippen LogP) is 2.33. The summed E-state index contributed by atoms with van der Waals surface area (Å²) in [7, 11) is 1.56. The molecule has 3 atom stereocenters. The molecule has 0 radical (unpaired) electrons. The van der Waals surface area contributed by atoms with Crippen LogP contribution in [0.15, 0.2) is 29.3 Å². The fourth-order valence-corrected chi connectivity index (χ4v) is 4.01. The van der Waals surface area contributed by atoms with E-state index in [9.17, 15) is 9.59 Å². The van der Waals surface area contributed by atoms with E-state index in [0.717, 1.165) is 12.0 Å². The highest BCUT2D eigenvalue weighted by Crippen LogP contribution is 2.41. The van der Waals surface area contributed by atoms with Gasteiger partial charge >= 0.3 is 5.97 Å². The minimum Gasteiger partial charge on any atom is -0.454 e. The van der Waals surface area contributed by atoms with Crippen molar-refractivity contribution < 1.29 is 14.3 Å². The molecule has 7 heteroatoms. The van der Waals surface area contributed by atoms with Gasteiger partial charge in [-0.05, 0) is 44.2 Å². The Balaban J connectivity index is 2.02. The maximum atomic E-state index is 12.6. The third kappa shape index (κ3) is 3.23. The first-order chi connectivity index (χ1) is 12.3. The van der Waals surface area contributed by atoms with E-state index in [2.05, 4.69) is 5.32 Å². The molecule has 6 nitrogen and oxygen atoms in total. The van der Waals surface area contributed by atoms with Gasteiger partial charge in [0.05, 0.1) is 11.3 Å². The number of hydrogen-bond acceptors (Lipinski definition) is 5. The van der Waals surface area contributed by atoms with Gasteiger partial charge in [-0.3, -0.25) is 9.79 Å². The molecule has 1 unspecified atom stereocenters. The van der Waals surface area contributed by atoms with Gasteiger partial charge in [0.15, 0.2) is 5.54 Å². The Morgan fingerprint density at radius 1 is 1.46 bits per heavy atom. The molecule has 0 bridgehead atoms. The highest BCUT2D eigenvalue weighted by atomic mass is 35.5. The van der Waals surface area contributed by atoms with E-state index in [1.165, 1.54) is 0 Å². The summed E-state index contributed by atoms with van der Waals surface area (Å²) in [5, 5.41) is 3.13. The van der Waals surface area contributed by atoms with Gasteiger partial charge in [0, 0.05) is 18.5 Å². The number of hydrogen-bond donors (Lipinski definition) is 2. The van der Waals surface area contributed by atoms with Crippen molar-refractivity contribution in [3.05, 3.63) is 34.9 Å². The van der Waals surface area contributed by atoms with Crippen molar-refractivity contribution in [2.75, 3.05) is 7.05 Å². The molecule has 1 saturated carbocycles. The number of fused-ring (bicyclic) bond motifs is 1. The van der Waals surface area contributed by atoms with Crippen LogP contribution in [0.1, 0.15) is 44.6 Å². The molecule has 1 aliphatic carbocycles. The summed E-state index contributed by atoms with van der Waals surface area (Å²) in [4.78, 5) is 29.0. The average Bonchev–Trinajstić information content (AvgIpc) is 2.62. The first-order valence-electron chi connectivity index (χ1n) is 8.86.